The average molecular weight is 470 g/mol. The van der Waals surface area contributed by atoms with Crippen LogP contribution < -0.4 is 20.7 Å². The van der Waals surface area contributed by atoms with Crippen LogP contribution in [0, 0.1) is 12.1 Å². The first-order valence-corrected chi connectivity index (χ1v) is 11.8. The third-order valence-corrected chi connectivity index (χ3v) is 7.94. The summed E-state index contributed by atoms with van der Waals surface area (Å²) in [5.41, 5.74) is 2.43. The largest absolute Gasteiger partial charge is 0.619 e. The van der Waals surface area contributed by atoms with E-state index in [0.717, 1.165) is 11.1 Å². The van der Waals surface area contributed by atoms with Crippen LogP contribution in [0.15, 0.2) is 67.0 Å². The highest BCUT2D eigenvalue weighted by molar-refractivity contribution is 7.75. The molecule has 0 radical (unpaired) electrons. The summed E-state index contributed by atoms with van der Waals surface area (Å²) in [7, 11) is -2.27. The molecule has 0 aliphatic heterocycles. The number of carbonyl (C=O) groups is 1. The lowest BCUT2D eigenvalue weighted by Gasteiger charge is -2.18. The van der Waals surface area contributed by atoms with Gasteiger partial charge >= 0.3 is 0 Å². The van der Waals surface area contributed by atoms with Crippen LogP contribution in [0.25, 0.3) is 10.9 Å². The molecule has 0 saturated heterocycles. The molecule has 4 rings (SSSR count). The van der Waals surface area contributed by atoms with Gasteiger partial charge in [0, 0.05) is 47.0 Å². The normalized spacial score (nSPS) is 13.1. The van der Waals surface area contributed by atoms with Crippen molar-refractivity contribution in [3.8, 4) is 0 Å². The maximum atomic E-state index is 14.3. The predicted octanol–water partition coefficient (Wildman–Crippen LogP) is 3.57. The standard InChI is InChI=1S/C23H21ClN3O4P/c1-15-4-3-5-18(12-15)32(30,31-2)22-19-13-17(24)6-7-20(19)26-21(22)23(28)25-14-16-8-10-27(29)11-9-16/h3-13,26H,14H2,1-2H3,(H,25,28). The minimum Gasteiger partial charge on any atom is -0.619 e. The Morgan fingerprint density at radius 2 is 1.94 bits per heavy atom. The Morgan fingerprint density at radius 1 is 1.19 bits per heavy atom. The van der Waals surface area contributed by atoms with Gasteiger partial charge in [-0.1, -0.05) is 29.3 Å². The molecule has 0 aliphatic carbocycles. The zero-order valence-corrected chi connectivity index (χ0v) is 19.1. The molecule has 0 spiro atoms. The molecule has 2 aromatic carbocycles. The number of hydrogen-bond donors (Lipinski definition) is 2. The van der Waals surface area contributed by atoms with Crippen LogP contribution in [0.3, 0.4) is 0 Å². The number of carbonyl (C=O) groups excluding carboxylic acids is 1. The number of fused-ring (bicyclic) bond motifs is 1. The highest BCUT2D eigenvalue weighted by Gasteiger charge is 2.36. The maximum absolute atomic E-state index is 14.3. The molecule has 164 valence electrons. The summed E-state index contributed by atoms with van der Waals surface area (Å²) < 4.78 is 20.5. The van der Waals surface area contributed by atoms with Crippen molar-refractivity contribution in [3.05, 3.63) is 94.0 Å². The first-order chi connectivity index (χ1) is 15.3. The topological polar surface area (TPSA) is 98.1 Å². The van der Waals surface area contributed by atoms with Crippen LogP contribution in [-0.2, 0) is 15.6 Å². The lowest BCUT2D eigenvalue weighted by atomic mass is 10.2. The fourth-order valence-electron chi connectivity index (χ4n) is 3.59. The molecule has 2 N–H and O–H groups in total. The Morgan fingerprint density at radius 3 is 2.62 bits per heavy atom. The summed E-state index contributed by atoms with van der Waals surface area (Å²) >= 11 is 6.23. The second kappa shape index (κ2) is 8.79. The van der Waals surface area contributed by atoms with Gasteiger partial charge in [0.25, 0.3) is 13.3 Å². The summed E-state index contributed by atoms with van der Waals surface area (Å²) in [6.45, 7) is 2.09. The quantitative estimate of drug-likeness (QED) is 0.256. The molecule has 7 nitrogen and oxygen atoms in total. The van der Waals surface area contributed by atoms with Gasteiger partial charge in [-0.05, 0) is 42.8 Å². The van der Waals surface area contributed by atoms with Gasteiger partial charge in [0.1, 0.15) is 5.69 Å². The van der Waals surface area contributed by atoms with Crippen LogP contribution in [0.1, 0.15) is 21.6 Å². The number of pyridine rings is 1. The van der Waals surface area contributed by atoms with Crippen molar-refractivity contribution >= 4 is 46.4 Å². The second-order valence-electron chi connectivity index (χ2n) is 7.36. The molecular weight excluding hydrogens is 449 g/mol. The second-order valence-corrected chi connectivity index (χ2v) is 10.2. The smallest absolute Gasteiger partial charge is 0.268 e. The maximum Gasteiger partial charge on any atom is 0.268 e. The van der Waals surface area contributed by atoms with E-state index in [2.05, 4.69) is 10.3 Å². The summed E-state index contributed by atoms with van der Waals surface area (Å²) in [5.74, 6) is -0.448. The molecule has 1 amide bonds. The molecule has 0 fully saturated rings. The van der Waals surface area contributed by atoms with Gasteiger partial charge in [0.2, 0.25) is 0 Å². The predicted molar refractivity (Wildman–Crippen MR) is 125 cm³/mol. The van der Waals surface area contributed by atoms with Crippen molar-refractivity contribution in [2.75, 3.05) is 7.11 Å². The number of aryl methyl sites for hydroxylation is 1. The van der Waals surface area contributed by atoms with E-state index < -0.39 is 13.3 Å². The Hall–Kier alpha value is -3.12. The number of rotatable bonds is 6. The number of aromatic amines is 1. The third kappa shape index (κ3) is 4.15. The highest BCUT2D eigenvalue weighted by Crippen LogP contribution is 2.47. The van der Waals surface area contributed by atoms with Gasteiger partial charge in [-0.25, -0.2) is 0 Å². The average Bonchev–Trinajstić information content (AvgIpc) is 3.17. The Bertz CT molecular complexity index is 1350. The molecule has 4 aromatic rings. The van der Waals surface area contributed by atoms with E-state index >= 15 is 0 Å². The lowest BCUT2D eigenvalue weighted by molar-refractivity contribution is -0.605. The number of nitrogens with one attached hydrogen (secondary N) is 2. The third-order valence-electron chi connectivity index (χ3n) is 5.18. The zero-order chi connectivity index (χ0) is 22.9. The van der Waals surface area contributed by atoms with Crippen molar-refractivity contribution in [2.45, 2.75) is 13.5 Å². The van der Waals surface area contributed by atoms with Crippen LogP contribution in [-0.4, -0.2) is 18.0 Å². The van der Waals surface area contributed by atoms with Gasteiger partial charge in [-0.3, -0.25) is 9.36 Å². The fourth-order valence-corrected chi connectivity index (χ4v) is 6.02. The Balaban J connectivity index is 1.82. The van der Waals surface area contributed by atoms with Gasteiger partial charge in [0.05, 0.1) is 5.30 Å². The van der Waals surface area contributed by atoms with E-state index in [0.29, 0.717) is 26.0 Å². The van der Waals surface area contributed by atoms with Crippen LogP contribution in [0.4, 0.5) is 0 Å². The minimum atomic E-state index is -3.64. The van der Waals surface area contributed by atoms with Gasteiger partial charge in [-0.2, -0.15) is 4.73 Å². The number of halogens is 1. The van der Waals surface area contributed by atoms with E-state index in [9.17, 15) is 14.6 Å². The van der Waals surface area contributed by atoms with E-state index in [1.807, 2.05) is 13.0 Å². The summed E-state index contributed by atoms with van der Waals surface area (Å²) in [4.78, 5) is 16.3. The number of nitrogens with zero attached hydrogens (tertiary/aromatic N) is 1. The van der Waals surface area contributed by atoms with E-state index in [1.54, 1.807) is 48.5 Å². The van der Waals surface area contributed by atoms with Gasteiger partial charge in [-0.15, -0.1) is 0 Å². The minimum absolute atomic E-state index is 0.142. The van der Waals surface area contributed by atoms with Crippen LogP contribution in [0.2, 0.25) is 5.02 Å². The molecule has 2 aromatic heterocycles. The van der Waals surface area contributed by atoms with E-state index in [4.69, 9.17) is 16.1 Å². The highest BCUT2D eigenvalue weighted by atomic mass is 35.5. The first-order valence-electron chi connectivity index (χ1n) is 9.82. The Kier molecular flexibility index (Phi) is 6.07. The van der Waals surface area contributed by atoms with Crippen molar-refractivity contribution in [2.24, 2.45) is 0 Å². The molecule has 2 heterocycles. The number of amides is 1. The number of H-pyrrole nitrogens is 1. The molecule has 1 atom stereocenters. The molecule has 32 heavy (non-hydrogen) atoms. The van der Waals surface area contributed by atoms with Crippen molar-refractivity contribution < 1.29 is 18.6 Å². The lowest BCUT2D eigenvalue weighted by Crippen LogP contribution is -2.30. The van der Waals surface area contributed by atoms with E-state index in [-0.39, 0.29) is 17.5 Å². The molecule has 9 heteroatoms. The number of hydrogen-bond acceptors (Lipinski definition) is 4. The van der Waals surface area contributed by atoms with Crippen LogP contribution >= 0.6 is 19.0 Å². The van der Waals surface area contributed by atoms with E-state index in [1.165, 1.54) is 19.5 Å². The molecule has 1 unspecified atom stereocenters. The summed E-state index contributed by atoms with van der Waals surface area (Å²) in [6, 6.07) is 15.5. The number of benzene rings is 2. The zero-order valence-electron chi connectivity index (χ0n) is 17.5. The fraction of sp³-hybridized carbons (Fsp3) is 0.130. The van der Waals surface area contributed by atoms with Crippen molar-refractivity contribution in [3.63, 3.8) is 0 Å². The SMILES string of the molecule is COP(=O)(c1cccc(C)c1)c1c(C(=O)NCc2cc[n+]([O-])cc2)[nH]c2ccc(Cl)cc12. The number of aromatic nitrogens is 2. The molecule has 0 bridgehead atoms. The molecular formula is C23H21ClN3O4P. The first kappa shape index (κ1) is 22.1. The summed E-state index contributed by atoms with van der Waals surface area (Å²) in [5, 5.41) is 15.8. The summed E-state index contributed by atoms with van der Waals surface area (Å²) in [6.07, 6.45) is 2.71. The Labute approximate surface area is 190 Å². The van der Waals surface area contributed by atoms with Crippen molar-refractivity contribution in [1.29, 1.82) is 0 Å². The molecule has 0 saturated carbocycles. The van der Waals surface area contributed by atoms with Gasteiger partial charge < -0.3 is 20.0 Å². The van der Waals surface area contributed by atoms with Crippen LogP contribution in [0.5, 0.6) is 0 Å². The van der Waals surface area contributed by atoms with Crippen molar-refractivity contribution in [1.82, 2.24) is 10.3 Å². The van der Waals surface area contributed by atoms with Gasteiger partial charge in [0.15, 0.2) is 12.4 Å². The monoisotopic (exact) mass is 469 g/mol. The molecule has 0 aliphatic rings.